The van der Waals surface area contributed by atoms with E-state index in [0.717, 1.165) is 36.3 Å². The average molecular weight is 400 g/mol. The summed E-state index contributed by atoms with van der Waals surface area (Å²) < 4.78 is 16.1. The Morgan fingerprint density at radius 1 is 1.14 bits per heavy atom. The Bertz CT molecular complexity index is 829. The third-order valence-electron chi connectivity index (χ3n) is 5.46. The monoisotopic (exact) mass is 400 g/mol. The molecule has 2 heterocycles. The lowest BCUT2D eigenvalue weighted by Gasteiger charge is -2.38. The summed E-state index contributed by atoms with van der Waals surface area (Å²) in [5, 5.41) is 3.90. The third kappa shape index (κ3) is 4.96. The van der Waals surface area contributed by atoms with Gasteiger partial charge in [-0.15, -0.1) is 0 Å². The molecule has 1 saturated heterocycles. The molecule has 1 aliphatic rings. The average Bonchev–Trinajstić information content (AvgIpc) is 3.02. The molecule has 1 aromatic carbocycles. The van der Waals surface area contributed by atoms with E-state index in [1.54, 1.807) is 24.3 Å². The minimum atomic E-state index is -0.520. The highest BCUT2D eigenvalue weighted by atomic mass is 16.5. The lowest BCUT2D eigenvalue weighted by Crippen LogP contribution is -2.49. The molecule has 29 heavy (non-hydrogen) atoms. The number of aromatic nitrogens is 1. The van der Waals surface area contributed by atoms with Crippen LogP contribution in [0.2, 0.25) is 0 Å². The molecule has 3 rings (SSSR count). The first kappa shape index (κ1) is 20.9. The highest BCUT2D eigenvalue weighted by Crippen LogP contribution is 2.23. The molecule has 0 saturated carbocycles. The Morgan fingerprint density at radius 3 is 2.38 bits per heavy atom. The quantitative estimate of drug-likeness (QED) is 0.686. The minimum absolute atomic E-state index is 0.141. The van der Waals surface area contributed by atoms with Gasteiger partial charge >= 0.3 is 5.97 Å². The topological polar surface area (TPSA) is 81.9 Å². The van der Waals surface area contributed by atoms with Crippen molar-refractivity contribution in [2.45, 2.75) is 65.6 Å². The number of ether oxygens (including phenoxy) is 2. The fraction of sp³-hybridized carbons (Fsp3) is 0.500. The molecule has 1 aliphatic heterocycles. The van der Waals surface area contributed by atoms with E-state index >= 15 is 0 Å². The van der Waals surface area contributed by atoms with Crippen LogP contribution in [0.15, 0.2) is 28.8 Å². The number of amides is 1. The van der Waals surface area contributed by atoms with Gasteiger partial charge in [0.1, 0.15) is 18.1 Å². The number of rotatable bonds is 6. The number of benzene rings is 1. The Morgan fingerprint density at radius 2 is 1.79 bits per heavy atom. The van der Waals surface area contributed by atoms with E-state index < -0.39 is 5.97 Å². The predicted molar refractivity (Wildman–Crippen MR) is 107 cm³/mol. The van der Waals surface area contributed by atoms with Gasteiger partial charge in [0.2, 0.25) is 0 Å². The number of esters is 1. The van der Waals surface area contributed by atoms with E-state index in [1.165, 1.54) is 0 Å². The number of hydrogen-bond donors (Lipinski definition) is 0. The van der Waals surface area contributed by atoms with Gasteiger partial charge < -0.3 is 18.9 Å². The summed E-state index contributed by atoms with van der Waals surface area (Å²) in [7, 11) is 0. The van der Waals surface area contributed by atoms with E-state index in [9.17, 15) is 9.59 Å². The van der Waals surface area contributed by atoms with Crippen LogP contribution in [0.1, 0.15) is 60.5 Å². The fourth-order valence-corrected chi connectivity index (χ4v) is 3.75. The number of likely N-dealkylation sites (tertiary alicyclic amines) is 1. The predicted octanol–water partition coefficient (Wildman–Crippen LogP) is 3.82. The van der Waals surface area contributed by atoms with Gasteiger partial charge in [0.05, 0.1) is 16.8 Å². The second kappa shape index (κ2) is 9.11. The number of carbonyl (C=O) groups excluding carboxylic acids is 2. The van der Waals surface area contributed by atoms with E-state index in [2.05, 4.69) is 5.16 Å². The van der Waals surface area contributed by atoms with E-state index in [-0.39, 0.29) is 24.6 Å². The smallest absolute Gasteiger partial charge is 0.338 e. The van der Waals surface area contributed by atoms with Crippen molar-refractivity contribution >= 4 is 11.9 Å². The lowest BCUT2D eigenvalue weighted by molar-refractivity contribution is -0.140. The highest BCUT2D eigenvalue weighted by molar-refractivity contribution is 5.91. The number of hydrogen-bond acceptors (Lipinski definition) is 6. The van der Waals surface area contributed by atoms with Crippen molar-refractivity contribution in [2.75, 3.05) is 6.61 Å². The van der Waals surface area contributed by atoms with Crippen molar-refractivity contribution in [1.82, 2.24) is 10.1 Å². The van der Waals surface area contributed by atoms with Crippen molar-refractivity contribution in [2.24, 2.45) is 0 Å². The normalized spacial score (nSPS) is 19.1. The molecule has 0 bridgehead atoms. The zero-order valence-electron chi connectivity index (χ0n) is 17.4. The molecule has 0 aliphatic carbocycles. The molecule has 7 nitrogen and oxygen atoms in total. The molecule has 0 unspecified atom stereocenters. The second-order valence-corrected chi connectivity index (χ2v) is 7.62. The van der Waals surface area contributed by atoms with Crippen molar-refractivity contribution in [3.63, 3.8) is 0 Å². The van der Waals surface area contributed by atoms with Crippen LogP contribution in [0.3, 0.4) is 0 Å². The molecular formula is C22H28N2O5. The summed E-state index contributed by atoms with van der Waals surface area (Å²) in [4.78, 5) is 26.6. The molecule has 7 heteroatoms. The van der Waals surface area contributed by atoms with Crippen LogP contribution in [-0.4, -0.2) is 40.6 Å². The summed E-state index contributed by atoms with van der Waals surface area (Å²) in [6, 6.07) is 7.01. The Hall–Kier alpha value is -2.83. The van der Waals surface area contributed by atoms with Crippen LogP contribution < -0.4 is 4.74 Å². The maximum atomic E-state index is 12.5. The number of piperidine rings is 1. The van der Waals surface area contributed by atoms with E-state index in [1.807, 2.05) is 32.6 Å². The van der Waals surface area contributed by atoms with Crippen LogP contribution in [0, 0.1) is 13.8 Å². The van der Waals surface area contributed by atoms with Crippen LogP contribution in [0.25, 0.3) is 0 Å². The van der Waals surface area contributed by atoms with Gasteiger partial charge in [-0.2, -0.15) is 0 Å². The van der Waals surface area contributed by atoms with Crippen LogP contribution in [-0.2, 0) is 16.1 Å². The second-order valence-electron chi connectivity index (χ2n) is 7.62. The van der Waals surface area contributed by atoms with Gasteiger partial charge in [0, 0.05) is 12.1 Å². The minimum Gasteiger partial charge on any atom is -0.489 e. The van der Waals surface area contributed by atoms with Gasteiger partial charge in [0.15, 0.2) is 6.61 Å². The van der Waals surface area contributed by atoms with Gasteiger partial charge in [-0.3, -0.25) is 4.79 Å². The van der Waals surface area contributed by atoms with E-state index in [4.69, 9.17) is 14.0 Å². The van der Waals surface area contributed by atoms with E-state index in [0.29, 0.717) is 17.9 Å². The zero-order valence-corrected chi connectivity index (χ0v) is 17.4. The molecule has 2 aromatic rings. The maximum Gasteiger partial charge on any atom is 0.338 e. The van der Waals surface area contributed by atoms with Crippen LogP contribution in [0.5, 0.6) is 5.75 Å². The van der Waals surface area contributed by atoms with Crippen molar-refractivity contribution in [3.05, 3.63) is 46.8 Å². The van der Waals surface area contributed by atoms with Crippen LogP contribution >= 0.6 is 0 Å². The zero-order chi connectivity index (χ0) is 21.0. The summed E-state index contributed by atoms with van der Waals surface area (Å²) in [5.41, 5.74) is 2.08. The van der Waals surface area contributed by atoms with Gasteiger partial charge in [-0.1, -0.05) is 5.16 Å². The van der Waals surface area contributed by atoms with Gasteiger partial charge in [-0.05, 0) is 71.2 Å². The first-order valence-corrected chi connectivity index (χ1v) is 9.99. The Balaban J connectivity index is 1.51. The van der Waals surface area contributed by atoms with Gasteiger partial charge in [-0.25, -0.2) is 4.79 Å². The number of nitrogens with zero attached hydrogens (tertiary/aromatic N) is 2. The number of aryl methyl sites for hydroxylation is 2. The largest absolute Gasteiger partial charge is 0.489 e. The summed E-state index contributed by atoms with van der Waals surface area (Å²) >= 11 is 0. The molecule has 0 radical (unpaired) electrons. The highest BCUT2D eigenvalue weighted by Gasteiger charge is 2.29. The summed E-state index contributed by atoms with van der Waals surface area (Å²) in [6.45, 7) is 7.88. The molecule has 2 atom stereocenters. The fourth-order valence-electron chi connectivity index (χ4n) is 3.75. The Labute approximate surface area is 171 Å². The maximum absolute atomic E-state index is 12.5. The SMILES string of the molecule is Cc1noc(C)c1COc1ccc(C(=O)OCC(=O)N2[C@@H](C)CCC[C@@H]2C)cc1. The molecule has 0 N–H and O–H groups in total. The van der Waals surface area contributed by atoms with Gasteiger partial charge in [0.25, 0.3) is 5.91 Å². The van der Waals surface area contributed by atoms with Crippen LogP contribution in [0.4, 0.5) is 0 Å². The molecule has 156 valence electrons. The standard InChI is InChI=1S/C22H28N2O5/c1-14-6-5-7-15(2)24(14)21(25)13-28-22(26)18-8-10-19(11-9-18)27-12-20-16(3)23-29-17(20)4/h8-11,14-15H,5-7,12-13H2,1-4H3/t14-,15-/m0/s1. The molecule has 1 aromatic heterocycles. The molecule has 1 fully saturated rings. The molecule has 0 spiro atoms. The van der Waals surface area contributed by atoms with Crippen molar-refractivity contribution in [3.8, 4) is 5.75 Å². The molecule has 1 amide bonds. The molecular weight excluding hydrogens is 372 g/mol. The first-order valence-electron chi connectivity index (χ1n) is 9.99. The van der Waals surface area contributed by atoms with Crippen molar-refractivity contribution in [1.29, 1.82) is 0 Å². The Kier molecular flexibility index (Phi) is 6.56. The summed E-state index contributed by atoms with van der Waals surface area (Å²) in [6.07, 6.45) is 3.09. The number of carbonyl (C=O) groups is 2. The van der Waals surface area contributed by atoms with Crippen molar-refractivity contribution < 1.29 is 23.6 Å². The lowest BCUT2D eigenvalue weighted by atomic mass is 9.97. The first-order chi connectivity index (χ1) is 13.9. The third-order valence-corrected chi connectivity index (χ3v) is 5.46. The summed E-state index contributed by atoms with van der Waals surface area (Å²) in [5.74, 6) is 0.684.